The number of ether oxygens (including phenoxy) is 1. The van der Waals surface area contributed by atoms with E-state index in [4.69, 9.17) is 9.52 Å². The maximum atomic E-state index is 12.6. The van der Waals surface area contributed by atoms with Crippen LogP contribution in [0, 0.1) is 4.78 Å². The van der Waals surface area contributed by atoms with Crippen molar-refractivity contribution in [3.8, 4) is 0 Å². The molecule has 3 aliphatic rings. The first-order valence-corrected chi connectivity index (χ1v) is 11.2. The number of β-lactam (4-membered cyclic amide) rings is 1. The van der Waals surface area contributed by atoms with Crippen molar-refractivity contribution in [1.82, 2.24) is 15.1 Å². The van der Waals surface area contributed by atoms with E-state index in [1.165, 1.54) is 18.7 Å². The lowest BCUT2D eigenvalue weighted by Crippen LogP contribution is -2.70. The van der Waals surface area contributed by atoms with Crippen LogP contribution < -0.4 is 5.32 Å². The molecule has 0 aromatic heterocycles. The lowest BCUT2D eigenvalue weighted by Gasteiger charge is -2.49. The van der Waals surface area contributed by atoms with Crippen LogP contribution in [0.1, 0.15) is 20.3 Å². The Morgan fingerprint density at radius 1 is 1.45 bits per heavy atom. The molecule has 0 spiro atoms. The van der Waals surface area contributed by atoms with E-state index in [0.717, 1.165) is 10.6 Å². The molecule has 158 valence electrons. The number of hydrogen-bond acceptors (Lipinski definition) is 8. The quantitative estimate of drug-likeness (QED) is 0.391. The summed E-state index contributed by atoms with van der Waals surface area (Å²) < 4.78 is 12.8. The van der Waals surface area contributed by atoms with Gasteiger partial charge in [-0.15, -0.1) is 11.8 Å². The molecular formula is C17H22N4O6S2. The van der Waals surface area contributed by atoms with E-state index in [1.54, 1.807) is 5.41 Å². The number of carbonyl (C=O) groups is 4. The number of fused-ring (bicyclic) bond motifs is 1. The van der Waals surface area contributed by atoms with Gasteiger partial charge < -0.3 is 20.1 Å². The minimum Gasteiger partial charge on any atom is -0.477 e. The number of carboxylic acids is 1. The van der Waals surface area contributed by atoms with Crippen molar-refractivity contribution in [2.24, 2.45) is 0 Å². The zero-order valence-electron chi connectivity index (χ0n) is 16.1. The minimum absolute atomic E-state index is 0.00595. The van der Waals surface area contributed by atoms with Crippen molar-refractivity contribution < 1.29 is 29.0 Å². The second-order valence-electron chi connectivity index (χ2n) is 6.86. The highest BCUT2D eigenvalue weighted by Gasteiger charge is 2.54. The number of thioether (sulfide) groups is 1. The van der Waals surface area contributed by atoms with E-state index >= 15 is 0 Å². The first-order chi connectivity index (χ1) is 13.6. The van der Waals surface area contributed by atoms with Crippen molar-refractivity contribution in [3.05, 3.63) is 22.4 Å². The van der Waals surface area contributed by atoms with Crippen LogP contribution in [0.25, 0.3) is 0 Å². The van der Waals surface area contributed by atoms with E-state index < -0.39 is 40.0 Å². The minimum atomic E-state index is -1.27. The molecule has 3 heterocycles. The van der Waals surface area contributed by atoms with E-state index in [0.29, 0.717) is 5.57 Å². The number of nitrogens with one attached hydrogen (secondary N) is 2. The number of rotatable bonds is 6. The highest BCUT2D eigenvalue weighted by molar-refractivity contribution is 8.00. The number of carbonyl (C=O) groups excluding carboxylic acids is 3. The fraction of sp³-hybridized carbons (Fsp3) is 0.529. The Hall–Kier alpha value is -2.34. The molecule has 1 fully saturated rings. The predicted molar refractivity (Wildman–Crippen MR) is 106 cm³/mol. The highest BCUT2D eigenvalue weighted by Crippen LogP contribution is 2.40. The monoisotopic (exact) mass is 442 g/mol. The fourth-order valence-electron chi connectivity index (χ4n) is 3.27. The van der Waals surface area contributed by atoms with Crippen molar-refractivity contribution in [3.63, 3.8) is 0 Å². The Morgan fingerprint density at radius 3 is 2.69 bits per heavy atom. The number of aliphatic carboxylic acids is 1. The molecule has 3 unspecified atom stereocenters. The van der Waals surface area contributed by atoms with Crippen LogP contribution in [0.3, 0.4) is 0 Å². The largest absolute Gasteiger partial charge is 0.477 e. The molecule has 10 nitrogen and oxygen atoms in total. The summed E-state index contributed by atoms with van der Waals surface area (Å²) in [6.45, 7) is 2.95. The van der Waals surface area contributed by atoms with Gasteiger partial charge in [0, 0.05) is 36.4 Å². The summed E-state index contributed by atoms with van der Waals surface area (Å²) in [5, 5.41) is 13.5. The first kappa shape index (κ1) is 21.4. The first-order valence-electron chi connectivity index (χ1n) is 8.81. The van der Waals surface area contributed by atoms with Crippen LogP contribution in [0.5, 0.6) is 0 Å². The predicted octanol–water partition coefficient (Wildman–Crippen LogP) is 0.192. The molecular weight excluding hydrogens is 420 g/mol. The van der Waals surface area contributed by atoms with Gasteiger partial charge in [0.2, 0.25) is 5.91 Å². The standard InChI is InChI=1S/C17H22N4O6S2/c1-8-20(3)11(7-29(8)18)4-12(23)19-13-15(24)21-14(17(25)26)10(5-27-9(2)22)6-28-16(13)21/h7-8,13,16,18H,4-6H2,1-3H3,(H,19,23)(H,25,26)/t8?,13?,16-,29?/m1/s1. The number of esters is 1. The summed E-state index contributed by atoms with van der Waals surface area (Å²) in [7, 11) is 1.15. The highest BCUT2D eigenvalue weighted by atomic mass is 32.2. The summed E-state index contributed by atoms with van der Waals surface area (Å²) in [4.78, 5) is 50.7. The summed E-state index contributed by atoms with van der Waals surface area (Å²) >= 11 is 1.32. The van der Waals surface area contributed by atoms with Crippen molar-refractivity contribution in [2.75, 3.05) is 19.4 Å². The van der Waals surface area contributed by atoms with Crippen LogP contribution >= 0.6 is 11.8 Å². The Balaban J connectivity index is 1.67. The van der Waals surface area contributed by atoms with Gasteiger partial charge in [-0.2, -0.15) is 0 Å². The van der Waals surface area contributed by atoms with Crippen LogP contribution in [0.2, 0.25) is 0 Å². The van der Waals surface area contributed by atoms with Crippen LogP contribution in [0.4, 0.5) is 0 Å². The SMILES string of the molecule is CC(=O)OCC1=C(C(=O)O)N2C(=O)C(NC(=O)CC3=CS(=N)C(C)N3C)[C@H]2SC1. The molecule has 0 radical (unpaired) electrons. The van der Waals surface area contributed by atoms with Crippen molar-refractivity contribution >= 4 is 46.2 Å². The van der Waals surface area contributed by atoms with E-state index in [-0.39, 0.29) is 35.8 Å². The maximum Gasteiger partial charge on any atom is 0.352 e. The molecule has 4 atom stereocenters. The molecule has 1 saturated heterocycles. The third kappa shape index (κ3) is 4.04. The average molecular weight is 443 g/mol. The van der Waals surface area contributed by atoms with E-state index in [1.807, 2.05) is 18.9 Å². The Bertz CT molecular complexity index is 870. The second kappa shape index (κ2) is 8.19. The van der Waals surface area contributed by atoms with Gasteiger partial charge in [-0.1, -0.05) is 10.7 Å². The molecule has 3 N–H and O–H groups in total. The fourth-order valence-corrected chi connectivity index (χ4v) is 5.81. The average Bonchev–Trinajstić information content (AvgIpc) is 2.89. The number of hydrogen-bond donors (Lipinski definition) is 3. The molecule has 2 amide bonds. The molecule has 3 rings (SSSR count). The van der Waals surface area contributed by atoms with Gasteiger partial charge in [0.05, 0.1) is 11.8 Å². The van der Waals surface area contributed by atoms with Crippen LogP contribution in [0.15, 0.2) is 22.4 Å². The second-order valence-corrected chi connectivity index (χ2v) is 9.63. The third-order valence-electron chi connectivity index (χ3n) is 4.99. The molecule has 0 bridgehead atoms. The zero-order chi connectivity index (χ0) is 21.5. The van der Waals surface area contributed by atoms with Gasteiger partial charge >= 0.3 is 11.9 Å². The van der Waals surface area contributed by atoms with Crippen LogP contribution in [-0.4, -0.2) is 74.9 Å². The topological polar surface area (TPSA) is 140 Å². The molecule has 29 heavy (non-hydrogen) atoms. The Labute approximate surface area is 174 Å². The van der Waals surface area contributed by atoms with Gasteiger partial charge in [-0.3, -0.25) is 24.1 Å². The van der Waals surface area contributed by atoms with Gasteiger partial charge in [0.25, 0.3) is 5.91 Å². The molecule has 12 heteroatoms. The van der Waals surface area contributed by atoms with Gasteiger partial charge in [-0.05, 0) is 6.92 Å². The normalized spacial score (nSPS) is 28.5. The molecule has 0 saturated carbocycles. The van der Waals surface area contributed by atoms with Crippen LogP contribution in [-0.2, 0) is 34.6 Å². The molecule has 0 aromatic rings. The number of nitrogens with zero attached hydrogens (tertiary/aromatic N) is 2. The van der Waals surface area contributed by atoms with E-state index in [2.05, 4.69) is 5.32 Å². The number of carboxylic acid groups (broad SMARTS) is 1. The summed E-state index contributed by atoms with van der Waals surface area (Å²) in [5.74, 6) is -2.38. The molecule has 3 aliphatic heterocycles. The summed E-state index contributed by atoms with van der Waals surface area (Å²) in [6.07, 6.45) is 0.0592. The Morgan fingerprint density at radius 2 is 2.14 bits per heavy atom. The summed E-state index contributed by atoms with van der Waals surface area (Å²) in [5.41, 5.74) is 0.903. The Kier molecular flexibility index (Phi) is 6.03. The van der Waals surface area contributed by atoms with Gasteiger partial charge in [0.15, 0.2) is 0 Å². The van der Waals surface area contributed by atoms with Gasteiger partial charge in [0.1, 0.15) is 23.7 Å². The van der Waals surface area contributed by atoms with Crippen molar-refractivity contribution in [2.45, 2.75) is 37.1 Å². The summed E-state index contributed by atoms with van der Waals surface area (Å²) in [6, 6.07) is -0.809. The maximum absolute atomic E-state index is 12.6. The van der Waals surface area contributed by atoms with Crippen molar-refractivity contribution in [1.29, 1.82) is 4.78 Å². The third-order valence-corrected chi connectivity index (χ3v) is 7.90. The van der Waals surface area contributed by atoms with E-state index in [9.17, 15) is 24.3 Å². The molecule has 0 aromatic carbocycles. The lowest BCUT2D eigenvalue weighted by atomic mass is 10.0. The zero-order valence-corrected chi connectivity index (χ0v) is 17.8. The van der Waals surface area contributed by atoms with Gasteiger partial charge in [-0.25, -0.2) is 4.79 Å². The number of amides is 2. The lowest BCUT2D eigenvalue weighted by molar-refractivity contribution is -0.151. The smallest absolute Gasteiger partial charge is 0.352 e. The molecule has 0 aliphatic carbocycles.